The third kappa shape index (κ3) is 2.89. The number of halogens is 3. The van der Waals surface area contributed by atoms with Gasteiger partial charge >= 0.3 is 0 Å². The zero-order chi connectivity index (χ0) is 12.4. The van der Waals surface area contributed by atoms with Crippen LogP contribution in [0.2, 0.25) is 10.3 Å². The molecule has 0 amide bonds. The molecule has 0 atom stereocenters. The summed E-state index contributed by atoms with van der Waals surface area (Å²) in [6.45, 7) is 2.01. The Bertz CT molecular complexity index is 560. The fourth-order valence-electron chi connectivity index (χ4n) is 1.33. The minimum absolute atomic E-state index is 0.280. The lowest BCUT2D eigenvalue weighted by Crippen LogP contribution is -1.96. The summed E-state index contributed by atoms with van der Waals surface area (Å²) in [5.74, 6) is 0. The number of aryl methyl sites for hydroxylation is 1. The maximum atomic E-state index is 5.93. The molecule has 0 aliphatic rings. The smallest absolute Gasteiger partial charge is 0.175 e. The average Bonchev–Trinajstić information content (AvgIpc) is 2.30. The van der Waals surface area contributed by atoms with Crippen LogP contribution >= 0.6 is 39.1 Å². The van der Waals surface area contributed by atoms with Crippen LogP contribution < -0.4 is 5.32 Å². The van der Waals surface area contributed by atoms with Crippen molar-refractivity contribution in [3.05, 3.63) is 44.6 Å². The van der Waals surface area contributed by atoms with Gasteiger partial charge in [0.25, 0.3) is 0 Å². The number of nitrogens with one attached hydrogen (secondary N) is 1. The first-order chi connectivity index (χ1) is 8.08. The van der Waals surface area contributed by atoms with E-state index in [1.54, 1.807) is 6.07 Å². The summed E-state index contributed by atoms with van der Waals surface area (Å²) in [6.07, 6.45) is 0. The Morgan fingerprint density at radius 2 is 1.94 bits per heavy atom. The minimum Gasteiger partial charge on any atom is -0.352 e. The van der Waals surface area contributed by atoms with Gasteiger partial charge in [-0.15, -0.1) is 10.2 Å². The molecule has 0 aliphatic heterocycles. The lowest BCUT2D eigenvalue weighted by atomic mass is 10.2. The predicted molar refractivity (Wildman–Crippen MR) is 74.2 cm³/mol. The van der Waals surface area contributed by atoms with Crippen LogP contribution in [0.3, 0.4) is 0 Å². The molecule has 6 heteroatoms. The Morgan fingerprint density at radius 3 is 2.71 bits per heavy atom. The number of anilines is 2. The molecule has 2 rings (SSSR count). The van der Waals surface area contributed by atoms with Crippen molar-refractivity contribution in [2.45, 2.75) is 6.92 Å². The second-order valence-corrected chi connectivity index (χ2v) is 4.97. The Kier molecular flexibility index (Phi) is 3.86. The number of hydrogen-bond acceptors (Lipinski definition) is 3. The average molecular weight is 333 g/mol. The highest BCUT2D eigenvalue weighted by molar-refractivity contribution is 9.10. The van der Waals surface area contributed by atoms with E-state index < -0.39 is 0 Å². The van der Waals surface area contributed by atoms with E-state index in [-0.39, 0.29) is 5.15 Å². The van der Waals surface area contributed by atoms with E-state index in [4.69, 9.17) is 23.2 Å². The summed E-state index contributed by atoms with van der Waals surface area (Å²) < 4.78 is 0.976. The van der Waals surface area contributed by atoms with Crippen LogP contribution in [0.4, 0.5) is 11.4 Å². The number of aromatic nitrogens is 2. The molecule has 1 N–H and O–H groups in total. The first kappa shape index (κ1) is 12.6. The van der Waals surface area contributed by atoms with Crippen LogP contribution in [0, 0.1) is 6.92 Å². The molecule has 0 unspecified atom stereocenters. The van der Waals surface area contributed by atoms with Gasteiger partial charge in [-0.3, -0.25) is 0 Å². The molecule has 0 radical (unpaired) electrons. The van der Waals surface area contributed by atoms with Gasteiger partial charge in [-0.1, -0.05) is 35.3 Å². The monoisotopic (exact) mass is 331 g/mol. The maximum absolute atomic E-state index is 5.93. The molecule has 0 saturated heterocycles. The summed E-state index contributed by atoms with van der Waals surface area (Å²) >= 11 is 15.2. The molecule has 2 aromatic rings. The Labute approximate surface area is 117 Å². The van der Waals surface area contributed by atoms with Crippen molar-refractivity contribution >= 4 is 50.5 Å². The van der Waals surface area contributed by atoms with Gasteiger partial charge < -0.3 is 5.32 Å². The summed E-state index contributed by atoms with van der Waals surface area (Å²) in [4.78, 5) is 0. The van der Waals surface area contributed by atoms with Crippen LogP contribution in [-0.2, 0) is 0 Å². The predicted octanol–water partition coefficient (Wildman–Crippen LogP) is 4.60. The molecule has 1 aromatic heterocycles. The number of rotatable bonds is 2. The van der Waals surface area contributed by atoms with Crippen molar-refractivity contribution in [2.75, 3.05) is 5.32 Å². The molecule has 17 heavy (non-hydrogen) atoms. The molecule has 1 heterocycles. The molecule has 0 saturated carbocycles. The van der Waals surface area contributed by atoms with E-state index in [0.29, 0.717) is 10.8 Å². The van der Waals surface area contributed by atoms with E-state index in [0.717, 1.165) is 15.7 Å². The van der Waals surface area contributed by atoms with Gasteiger partial charge in [-0.05, 0) is 34.5 Å². The van der Waals surface area contributed by atoms with E-state index in [1.807, 2.05) is 25.1 Å². The van der Waals surface area contributed by atoms with Crippen molar-refractivity contribution in [3.63, 3.8) is 0 Å². The van der Waals surface area contributed by atoms with Crippen LogP contribution in [-0.4, -0.2) is 10.2 Å². The lowest BCUT2D eigenvalue weighted by Gasteiger charge is -2.10. The van der Waals surface area contributed by atoms with Crippen molar-refractivity contribution in [1.29, 1.82) is 0 Å². The normalized spacial score (nSPS) is 10.4. The SMILES string of the molecule is Cc1cccc(Nc2cc(Cl)nnc2Cl)c1Br. The quantitative estimate of drug-likeness (QED) is 0.873. The van der Waals surface area contributed by atoms with Gasteiger partial charge in [-0.2, -0.15) is 0 Å². The molecule has 3 nitrogen and oxygen atoms in total. The largest absolute Gasteiger partial charge is 0.352 e. The molecular formula is C11H8BrCl2N3. The Balaban J connectivity index is 2.38. The van der Waals surface area contributed by atoms with Crippen LogP contribution in [0.5, 0.6) is 0 Å². The van der Waals surface area contributed by atoms with Gasteiger partial charge in [0.15, 0.2) is 10.3 Å². The van der Waals surface area contributed by atoms with E-state index in [1.165, 1.54) is 0 Å². The van der Waals surface area contributed by atoms with Gasteiger partial charge in [0.2, 0.25) is 0 Å². The molecular weight excluding hydrogens is 325 g/mol. The first-order valence-electron chi connectivity index (χ1n) is 4.79. The van der Waals surface area contributed by atoms with E-state index >= 15 is 0 Å². The molecule has 0 aliphatic carbocycles. The van der Waals surface area contributed by atoms with Gasteiger partial charge in [0.1, 0.15) is 0 Å². The van der Waals surface area contributed by atoms with Crippen molar-refractivity contribution in [3.8, 4) is 0 Å². The van der Waals surface area contributed by atoms with Crippen LogP contribution in [0.1, 0.15) is 5.56 Å². The summed E-state index contributed by atoms with van der Waals surface area (Å²) in [5, 5.41) is 11.1. The lowest BCUT2D eigenvalue weighted by molar-refractivity contribution is 1.03. The van der Waals surface area contributed by atoms with Crippen molar-refractivity contribution in [2.24, 2.45) is 0 Å². The van der Waals surface area contributed by atoms with Gasteiger partial charge in [0.05, 0.1) is 11.4 Å². The summed E-state index contributed by atoms with van der Waals surface area (Å²) in [7, 11) is 0. The highest BCUT2D eigenvalue weighted by Crippen LogP contribution is 2.31. The zero-order valence-corrected chi connectivity index (χ0v) is 11.9. The van der Waals surface area contributed by atoms with Crippen LogP contribution in [0.25, 0.3) is 0 Å². The van der Waals surface area contributed by atoms with Crippen molar-refractivity contribution in [1.82, 2.24) is 10.2 Å². The van der Waals surface area contributed by atoms with E-state index in [2.05, 4.69) is 31.4 Å². The number of benzene rings is 1. The summed E-state index contributed by atoms with van der Waals surface area (Å²) in [6, 6.07) is 7.52. The van der Waals surface area contributed by atoms with Gasteiger partial charge in [-0.25, -0.2) is 0 Å². The van der Waals surface area contributed by atoms with Gasteiger partial charge in [0, 0.05) is 10.5 Å². The van der Waals surface area contributed by atoms with E-state index in [9.17, 15) is 0 Å². The third-order valence-corrected chi connectivity index (χ3v) is 3.70. The first-order valence-corrected chi connectivity index (χ1v) is 6.33. The highest BCUT2D eigenvalue weighted by Gasteiger charge is 2.07. The minimum atomic E-state index is 0.280. The molecule has 0 bridgehead atoms. The third-order valence-electron chi connectivity index (χ3n) is 2.18. The highest BCUT2D eigenvalue weighted by atomic mass is 79.9. The maximum Gasteiger partial charge on any atom is 0.175 e. The van der Waals surface area contributed by atoms with Crippen molar-refractivity contribution < 1.29 is 0 Å². The number of nitrogens with zero attached hydrogens (tertiary/aromatic N) is 2. The molecule has 1 aromatic carbocycles. The Hall–Kier alpha value is -0.840. The second kappa shape index (κ2) is 5.21. The Morgan fingerprint density at radius 1 is 1.18 bits per heavy atom. The van der Waals surface area contributed by atoms with Crippen LogP contribution in [0.15, 0.2) is 28.7 Å². The number of hydrogen-bond donors (Lipinski definition) is 1. The summed E-state index contributed by atoms with van der Waals surface area (Å²) in [5.41, 5.74) is 2.65. The molecule has 88 valence electrons. The fourth-order valence-corrected chi connectivity index (χ4v) is 1.98. The second-order valence-electron chi connectivity index (χ2n) is 3.43. The fraction of sp³-hybridized carbons (Fsp3) is 0.0909. The molecule has 0 fully saturated rings. The standard InChI is InChI=1S/C11H8BrCl2N3/c1-6-3-2-4-7(10(6)12)15-8-5-9(13)16-17-11(8)14/h2-5H,1H3,(H,15,16). The zero-order valence-electron chi connectivity index (χ0n) is 8.84. The topological polar surface area (TPSA) is 37.8 Å². The molecule has 0 spiro atoms.